The van der Waals surface area contributed by atoms with Crippen molar-refractivity contribution in [3.05, 3.63) is 11.6 Å². The Labute approximate surface area is 83.4 Å². The Kier molecular flexibility index (Phi) is 4.02. The van der Waals surface area contributed by atoms with E-state index in [2.05, 4.69) is 26.8 Å². The van der Waals surface area contributed by atoms with Crippen molar-refractivity contribution in [3.63, 3.8) is 0 Å². The molecule has 1 rings (SSSR count). The monoisotopic (exact) mass is 180 g/mol. The quantitative estimate of drug-likeness (QED) is 0.552. The second kappa shape index (κ2) is 4.83. The lowest BCUT2D eigenvalue weighted by molar-refractivity contribution is 0.225. The van der Waals surface area contributed by atoms with Crippen molar-refractivity contribution in [1.29, 1.82) is 0 Å². The maximum absolute atomic E-state index is 2.37. The van der Waals surface area contributed by atoms with Crippen LogP contribution in [-0.2, 0) is 0 Å². The zero-order valence-electron chi connectivity index (χ0n) is 9.53. The van der Waals surface area contributed by atoms with Crippen LogP contribution in [0.4, 0.5) is 0 Å². The Morgan fingerprint density at radius 1 is 1.15 bits per heavy atom. The number of hydrogen-bond acceptors (Lipinski definition) is 0. The minimum absolute atomic E-state index is 0.599. The summed E-state index contributed by atoms with van der Waals surface area (Å²) in [4.78, 5) is 0. The molecule has 0 nitrogen and oxygen atoms in total. The number of rotatable bonds is 3. The summed E-state index contributed by atoms with van der Waals surface area (Å²) in [6.07, 6.45) is 12.2. The van der Waals surface area contributed by atoms with Crippen LogP contribution in [0.15, 0.2) is 11.6 Å². The van der Waals surface area contributed by atoms with E-state index >= 15 is 0 Å². The molecule has 0 aromatic carbocycles. The lowest BCUT2D eigenvalue weighted by Crippen LogP contribution is -2.25. The lowest BCUT2D eigenvalue weighted by atomic mass is 9.66. The Morgan fingerprint density at radius 3 is 2.15 bits per heavy atom. The molecule has 0 amide bonds. The molecule has 0 saturated heterocycles. The van der Waals surface area contributed by atoms with Crippen molar-refractivity contribution in [2.75, 3.05) is 0 Å². The molecule has 0 unspecified atom stereocenters. The molecular formula is C13H24. The standard InChI is InChI=1S/C13H24/c1-4-12(5-2)13(6-3)10-8-7-9-11-13/h4H,5-11H2,1-3H3/b12-4+. The molecule has 0 aromatic rings. The average Bonchev–Trinajstić information content (AvgIpc) is 2.21. The van der Waals surface area contributed by atoms with Crippen LogP contribution in [0.1, 0.15) is 65.7 Å². The van der Waals surface area contributed by atoms with Crippen molar-refractivity contribution >= 4 is 0 Å². The molecule has 76 valence electrons. The van der Waals surface area contributed by atoms with Crippen molar-refractivity contribution in [1.82, 2.24) is 0 Å². The van der Waals surface area contributed by atoms with Gasteiger partial charge in [-0.3, -0.25) is 0 Å². The fourth-order valence-corrected chi connectivity index (χ4v) is 3.02. The summed E-state index contributed by atoms with van der Waals surface area (Å²) in [5.74, 6) is 0. The Balaban J connectivity index is 2.77. The van der Waals surface area contributed by atoms with Crippen LogP contribution in [0.3, 0.4) is 0 Å². The average molecular weight is 180 g/mol. The summed E-state index contributed by atoms with van der Waals surface area (Å²) in [5.41, 5.74) is 2.32. The highest BCUT2D eigenvalue weighted by molar-refractivity contribution is 5.14. The molecule has 1 saturated carbocycles. The third kappa shape index (κ3) is 2.15. The molecule has 13 heavy (non-hydrogen) atoms. The van der Waals surface area contributed by atoms with E-state index in [9.17, 15) is 0 Å². The van der Waals surface area contributed by atoms with Crippen LogP contribution in [0, 0.1) is 5.41 Å². The molecule has 0 heterocycles. The molecule has 0 N–H and O–H groups in total. The van der Waals surface area contributed by atoms with Gasteiger partial charge in [0.2, 0.25) is 0 Å². The van der Waals surface area contributed by atoms with E-state index < -0.39 is 0 Å². The first kappa shape index (κ1) is 10.8. The van der Waals surface area contributed by atoms with E-state index in [-0.39, 0.29) is 0 Å². The van der Waals surface area contributed by atoms with E-state index in [1.54, 1.807) is 5.57 Å². The van der Waals surface area contributed by atoms with Crippen molar-refractivity contribution < 1.29 is 0 Å². The van der Waals surface area contributed by atoms with Gasteiger partial charge in [-0.15, -0.1) is 0 Å². The van der Waals surface area contributed by atoms with Crippen LogP contribution in [0.2, 0.25) is 0 Å². The molecule has 0 aliphatic heterocycles. The summed E-state index contributed by atoms with van der Waals surface area (Å²) in [5, 5.41) is 0. The molecule has 1 aliphatic rings. The predicted molar refractivity (Wildman–Crippen MR) is 59.9 cm³/mol. The van der Waals surface area contributed by atoms with Crippen LogP contribution in [0.25, 0.3) is 0 Å². The fraction of sp³-hybridized carbons (Fsp3) is 0.846. The SMILES string of the molecule is C/C=C(\CC)C1(CC)CCCCC1. The summed E-state index contributed by atoms with van der Waals surface area (Å²) in [7, 11) is 0. The molecule has 0 heteroatoms. The van der Waals surface area contributed by atoms with E-state index in [1.807, 2.05) is 0 Å². The highest BCUT2D eigenvalue weighted by atomic mass is 14.4. The maximum Gasteiger partial charge on any atom is -0.00909 e. The number of allylic oxidation sites excluding steroid dienone is 2. The highest BCUT2D eigenvalue weighted by Gasteiger charge is 2.32. The molecule has 0 spiro atoms. The van der Waals surface area contributed by atoms with Crippen LogP contribution >= 0.6 is 0 Å². The maximum atomic E-state index is 2.37. The van der Waals surface area contributed by atoms with E-state index in [1.165, 1.54) is 44.9 Å². The second-order valence-corrected chi connectivity index (χ2v) is 4.36. The Hall–Kier alpha value is -0.260. The topological polar surface area (TPSA) is 0 Å². The Morgan fingerprint density at radius 2 is 1.77 bits per heavy atom. The second-order valence-electron chi connectivity index (χ2n) is 4.36. The lowest BCUT2D eigenvalue weighted by Gasteiger charge is -2.39. The number of hydrogen-bond donors (Lipinski definition) is 0. The Bertz CT molecular complexity index is 170. The van der Waals surface area contributed by atoms with Gasteiger partial charge in [-0.1, -0.05) is 44.8 Å². The van der Waals surface area contributed by atoms with E-state index in [0.29, 0.717) is 5.41 Å². The first-order valence-corrected chi connectivity index (χ1v) is 5.94. The van der Waals surface area contributed by atoms with Gasteiger partial charge in [0.25, 0.3) is 0 Å². The van der Waals surface area contributed by atoms with Gasteiger partial charge >= 0.3 is 0 Å². The zero-order valence-corrected chi connectivity index (χ0v) is 9.53. The van der Waals surface area contributed by atoms with Crippen molar-refractivity contribution in [2.45, 2.75) is 65.7 Å². The molecule has 0 atom stereocenters. The normalized spacial score (nSPS) is 23.2. The summed E-state index contributed by atoms with van der Waals surface area (Å²) < 4.78 is 0. The molecule has 1 aliphatic carbocycles. The molecule has 0 aromatic heterocycles. The molecular weight excluding hydrogens is 156 g/mol. The van der Waals surface area contributed by atoms with Crippen molar-refractivity contribution in [2.24, 2.45) is 5.41 Å². The first-order valence-electron chi connectivity index (χ1n) is 5.94. The van der Waals surface area contributed by atoms with Gasteiger partial charge in [-0.05, 0) is 38.0 Å². The van der Waals surface area contributed by atoms with Gasteiger partial charge in [-0.2, -0.15) is 0 Å². The third-order valence-electron chi connectivity index (χ3n) is 3.90. The van der Waals surface area contributed by atoms with Gasteiger partial charge < -0.3 is 0 Å². The molecule has 0 bridgehead atoms. The zero-order chi connectivity index (χ0) is 9.73. The highest BCUT2D eigenvalue weighted by Crippen LogP contribution is 2.46. The van der Waals surface area contributed by atoms with E-state index in [0.717, 1.165) is 0 Å². The molecule has 0 radical (unpaired) electrons. The smallest absolute Gasteiger partial charge is 0.00909 e. The first-order chi connectivity index (χ1) is 6.29. The minimum Gasteiger partial charge on any atom is -0.0879 e. The van der Waals surface area contributed by atoms with Crippen LogP contribution in [0.5, 0.6) is 0 Å². The van der Waals surface area contributed by atoms with Gasteiger partial charge in [0.15, 0.2) is 0 Å². The fourth-order valence-electron chi connectivity index (χ4n) is 3.02. The van der Waals surface area contributed by atoms with Crippen LogP contribution in [-0.4, -0.2) is 0 Å². The molecule has 1 fully saturated rings. The van der Waals surface area contributed by atoms with Gasteiger partial charge in [0.1, 0.15) is 0 Å². The van der Waals surface area contributed by atoms with Crippen LogP contribution < -0.4 is 0 Å². The summed E-state index contributed by atoms with van der Waals surface area (Å²) in [6, 6.07) is 0. The third-order valence-corrected chi connectivity index (χ3v) is 3.90. The van der Waals surface area contributed by atoms with Gasteiger partial charge in [-0.25, -0.2) is 0 Å². The van der Waals surface area contributed by atoms with E-state index in [4.69, 9.17) is 0 Å². The predicted octanol–water partition coefficient (Wildman–Crippen LogP) is 4.70. The van der Waals surface area contributed by atoms with Gasteiger partial charge in [0, 0.05) is 0 Å². The van der Waals surface area contributed by atoms with Gasteiger partial charge in [0.05, 0.1) is 0 Å². The van der Waals surface area contributed by atoms with Crippen molar-refractivity contribution in [3.8, 4) is 0 Å². The minimum atomic E-state index is 0.599. The summed E-state index contributed by atoms with van der Waals surface area (Å²) in [6.45, 7) is 6.89. The summed E-state index contributed by atoms with van der Waals surface area (Å²) >= 11 is 0. The largest absolute Gasteiger partial charge is 0.0879 e.